The van der Waals surface area contributed by atoms with Gasteiger partial charge in [-0.1, -0.05) is 50.1 Å². The molecule has 4 aliphatic carbocycles. The summed E-state index contributed by atoms with van der Waals surface area (Å²) in [5, 5.41) is 5.32. The van der Waals surface area contributed by atoms with E-state index < -0.39 is 5.60 Å². The molecule has 41 heavy (non-hydrogen) atoms. The summed E-state index contributed by atoms with van der Waals surface area (Å²) >= 11 is 0. The number of carbonyl (C=O) groups is 1. The van der Waals surface area contributed by atoms with Gasteiger partial charge in [0, 0.05) is 33.9 Å². The zero-order valence-electron chi connectivity index (χ0n) is 25.3. The summed E-state index contributed by atoms with van der Waals surface area (Å²) in [5.41, 5.74) is 5.70. The maximum Gasteiger partial charge on any atom is 0.411 e. The summed E-state index contributed by atoms with van der Waals surface area (Å²) in [7, 11) is 0. The number of rotatable bonds is 6. The van der Waals surface area contributed by atoms with Crippen molar-refractivity contribution in [1.29, 1.82) is 0 Å². The molecule has 218 valence electrons. The first kappa shape index (κ1) is 26.9. The Kier molecular flexibility index (Phi) is 6.63. The molecule has 3 aromatic rings. The monoisotopic (exact) mass is 553 g/mol. The lowest BCUT2D eigenvalue weighted by Crippen LogP contribution is -2.54. The number of unbranched alkanes of at least 4 members (excludes halogenated alkanes) is 1. The van der Waals surface area contributed by atoms with Gasteiger partial charge in [0.25, 0.3) is 0 Å². The first-order valence-corrected chi connectivity index (χ1v) is 16.2. The third kappa shape index (κ3) is 5.04. The van der Waals surface area contributed by atoms with E-state index in [0.29, 0.717) is 0 Å². The van der Waals surface area contributed by atoms with Crippen molar-refractivity contribution < 1.29 is 9.53 Å². The van der Waals surface area contributed by atoms with Crippen molar-refractivity contribution in [3.05, 3.63) is 65.4 Å². The first-order chi connectivity index (χ1) is 19.7. The van der Waals surface area contributed by atoms with Gasteiger partial charge in [-0.3, -0.25) is 4.90 Å². The standard InChI is InChI=1S/C36H47N3O2/c1-5-6-9-28-19-30-29-10-7-8-11-31(29)37-32(30)33(39(28)34(40)41-35(2,3)4)26-12-14-27(15-13-26)38-36-20-23-16-24(21-36)18-25(17-23)22-36/h7-8,10-15,23-25,28,33,37-38H,5-6,9,16-22H2,1-4H3/t23?,24?,25?,28-,33-,36?/m0/s1. The fourth-order valence-corrected chi connectivity index (χ4v) is 9.25. The van der Waals surface area contributed by atoms with Crippen LogP contribution in [0, 0.1) is 17.8 Å². The van der Waals surface area contributed by atoms with Crippen LogP contribution in [0.4, 0.5) is 10.5 Å². The van der Waals surface area contributed by atoms with E-state index in [2.05, 4.69) is 70.7 Å². The zero-order valence-corrected chi connectivity index (χ0v) is 25.3. The number of ether oxygens (including phenoxy) is 1. The number of aromatic nitrogens is 1. The summed E-state index contributed by atoms with van der Waals surface area (Å²) in [6, 6.07) is 17.5. The minimum Gasteiger partial charge on any atom is -0.444 e. The maximum atomic E-state index is 14.0. The fraction of sp³-hybridized carbons (Fsp3) is 0.583. The van der Waals surface area contributed by atoms with E-state index in [1.165, 1.54) is 55.2 Å². The lowest BCUT2D eigenvalue weighted by atomic mass is 9.53. The summed E-state index contributed by atoms with van der Waals surface area (Å²) in [4.78, 5) is 19.8. The van der Waals surface area contributed by atoms with Crippen LogP contribution >= 0.6 is 0 Å². The molecule has 1 aliphatic heterocycles. The van der Waals surface area contributed by atoms with Gasteiger partial charge in [-0.25, -0.2) is 4.79 Å². The van der Waals surface area contributed by atoms with Crippen LogP contribution in [0.15, 0.2) is 48.5 Å². The maximum absolute atomic E-state index is 14.0. The predicted molar refractivity (Wildman–Crippen MR) is 166 cm³/mol. The second-order valence-electron chi connectivity index (χ2n) is 14.8. The molecule has 5 aliphatic rings. The van der Waals surface area contributed by atoms with Gasteiger partial charge in [0.1, 0.15) is 11.6 Å². The van der Waals surface area contributed by atoms with E-state index in [0.717, 1.165) is 60.2 Å². The Balaban J connectivity index is 1.25. The minimum absolute atomic E-state index is 0.0892. The van der Waals surface area contributed by atoms with Crippen LogP contribution < -0.4 is 5.32 Å². The van der Waals surface area contributed by atoms with Crippen LogP contribution in [0.2, 0.25) is 0 Å². The smallest absolute Gasteiger partial charge is 0.411 e. The Bertz CT molecular complexity index is 1380. The summed E-state index contributed by atoms with van der Waals surface area (Å²) < 4.78 is 6.07. The Labute approximate surface area is 245 Å². The van der Waals surface area contributed by atoms with Crippen molar-refractivity contribution in [2.45, 2.75) is 115 Å². The third-order valence-electron chi connectivity index (χ3n) is 10.4. The highest BCUT2D eigenvalue weighted by atomic mass is 16.6. The molecule has 2 N–H and O–H groups in total. The topological polar surface area (TPSA) is 57.4 Å². The van der Waals surface area contributed by atoms with E-state index in [-0.39, 0.29) is 23.7 Å². The van der Waals surface area contributed by atoms with Crippen molar-refractivity contribution in [1.82, 2.24) is 9.88 Å². The number of nitrogens with one attached hydrogen (secondary N) is 2. The van der Waals surface area contributed by atoms with Gasteiger partial charge in [-0.05, 0) is 119 Å². The quantitative estimate of drug-likeness (QED) is 0.320. The number of para-hydroxylation sites is 1. The number of amides is 1. The number of aromatic amines is 1. The number of hydrogen-bond acceptors (Lipinski definition) is 3. The molecule has 1 amide bonds. The van der Waals surface area contributed by atoms with Crippen molar-refractivity contribution in [3.8, 4) is 0 Å². The van der Waals surface area contributed by atoms with E-state index >= 15 is 0 Å². The van der Waals surface area contributed by atoms with Gasteiger partial charge in [0.15, 0.2) is 0 Å². The highest BCUT2D eigenvalue weighted by Crippen LogP contribution is 2.56. The molecule has 2 aromatic carbocycles. The van der Waals surface area contributed by atoms with Crippen LogP contribution in [-0.2, 0) is 11.2 Å². The molecule has 1 aromatic heterocycles. The second-order valence-corrected chi connectivity index (χ2v) is 14.8. The lowest BCUT2D eigenvalue weighted by Gasteiger charge is -2.57. The van der Waals surface area contributed by atoms with Crippen molar-refractivity contribution in [3.63, 3.8) is 0 Å². The molecular formula is C36H47N3O2. The fourth-order valence-electron chi connectivity index (χ4n) is 9.25. The Morgan fingerprint density at radius 1 is 1.00 bits per heavy atom. The molecule has 2 heterocycles. The van der Waals surface area contributed by atoms with Gasteiger partial charge in [0.05, 0.1) is 0 Å². The first-order valence-electron chi connectivity index (χ1n) is 16.2. The van der Waals surface area contributed by atoms with Gasteiger partial charge in [-0.15, -0.1) is 0 Å². The molecule has 5 nitrogen and oxygen atoms in total. The Morgan fingerprint density at radius 2 is 1.66 bits per heavy atom. The number of fused-ring (bicyclic) bond motifs is 3. The van der Waals surface area contributed by atoms with Crippen LogP contribution in [0.5, 0.6) is 0 Å². The van der Waals surface area contributed by atoms with Crippen molar-refractivity contribution in [2.24, 2.45) is 17.8 Å². The average Bonchev–Trinajstić information content (AvgIpc) is 3.28. The Morgan fingerprint density at radius 3 is 2.29 bits per heavy atom. The van der Waals surface area contributed by atoms with Crippen LogP contribution in [0.25, 0.3) is 10.9 Å². The molecule has 4 fully saturated rings. The molecule has 2 atom stereocenters. The van der Waals surface area contributed by atoms with Crippen LogP contribution in [-0.4, -0.2) is 33.2 Å². The van der Waals surface area contributed by atoms with E-state index in [1.807, 2.05) is 20.8 Å². The highest BCUT2D eigenvalue weighted by molar-refractivity contribution is 5.86. The van der Waals surface area contributed by atoms with Crippen LogP contribution in [0.1, 0.15) is 108 Å². The number of H-pyrrole nitrogens is 1. The molecule has 4 bridgehead atoms. The molecule has 0 saturated heterocycles. The molecule has 5 heteroatoms. The summed E-state index contributed by atoms with van der Waals surface area (Å²) in [6.45, 7) is 8.11. The van der Waals surface area contributed by atoms with Crippen molar-refractivity contribution in [2.75, 3.05) is 5.32 Å². The molecule has 0 unspecified atom stereocenters. The molecular weight excluding hydrogens is 506 g/mol. The third-order valence-corrected chi connectivity index (χ3v) is 10.4. The zero-order chi connectivity index (χ0) is 28.4. The normalized spacial score (nSPS) is 30.4. The molecule has 0 radical (unpaired) electrons. The number of hydrogen-bond donors (Lipinski definition) is 2. The number of benzene rings is 2. The van der Waals surface area contributed by atoms with Gasteiger partial charge >= 0.3 is 6.09 Å². The molecule has 4 saturated carbocycles. The van der Waals surface area contributed by atoms with Gasteiger partial charge in [-0.2, -0.15) is 0 Å². The number of carbonyl (C=O) groups excluding carboxylic acids is 1. The Hall–Kier alpha value is -2.95. The second kappa shape index (κ2) is 10.1. The summed E-state index contributed by atoms with van der Waals surface area (Å²) in [5.74, 6) is 2.74. The molecule has 8 rings (SSSR count). The lowest BCUT2D eigenvalue weighted by molar-refractivity contribution is 0.00436. The SMILES string of the molecule is CCCC[C@H]1Cc2c([nH]c3ccccc23)[C@H](c2ccc(NC34CC5CC(CC(C5)C3)C4)cc2)N1C(=O)OC(C)(C)C. The molecule has 0 spiro atoms. The van der Waals surface area contributed by atoms with Crippen molar-refractivity contribution >= 4 is 22.7 Å². The summed E-state index contributed by atoms with van der Waals surface area (Å²) in [6.07, 6.45) is 12.1. The van der Waals surface area contributed by atoms with E-state index in [4.69, 9.17) is 4.74 Å². The predicted octanol–water partition coefficient (Wildman–Crippen LogP) is 8.99. The van der Waals surface area contributed by atoms with Gasteiger partial charge < -0.3 is 15.0 Å². The number of anilines is 1. The number of nitrogens with zero attached hydrogens (tertiary/aromatic N) is 1. The largest absolute Gasteiger partial charge is 0.444 e. The van der Waals surface area contributed by atoms with Crippen LogP contribution in [0.3, 0.4) is 0 Å². The highest BCUT2D eigenvalue weighted by Gasteiger charge is 2.51. The average molecular weight is 554 g/mol. The van der Waals surface area contributed by atoms with E-state index in [1.54, 1.807) is 0 Å². The van der Waals surface area contributed by atoms with E-state index in [9.17, 15) is 4.79 Å². The van der Waals surface area contributed by atoms with Gasteiger partial charge in [0.2, 0.25) is 0 Å². The minimum atomic E-state index is -0.552.